The van der Waals surface area contributed by atoms with Crippen LogP contribution in [0.5, 0.6) is 11.5 Å². The summed E-state index contributed by atoms with van der Waals surface area (Å²) in [6.07, 6.45) is 4.00. The first-order valence-corrected chi connectivity index (χ1v) is 16.2. The average molecular weight is 658 g/mol. The number of anilines is 1. The van der Waals surface area contributed by atoms with Crippen LogP contribution in [0.3, 0.4) is 0 Å². The molecular formula is C36H37F2N5O3S. The fraction of sp³-hybridized carbons (Fsp3) is 0.250. The van der Waals surface area contributed by atoms with E-state index >= 15 is 0 Å². The molecule has 8 nitrogen and oxygen atoms in total. The van der Waals surface area contributed by atoms with E-state index in [1.165, 1.54) is 17.8 Å². The number of hydrogen-bond acceptors (Lipinski definition) is 6. The summed E-state index contributed by atoms with van der Waals surface area (Å²) >= 11 is 1.41. The number of hydrogen-bond donors (Lipinski definition) is 2. The van der Waals surface area contributed by atoms with Crippen LogP contribution in [0.1, 0.15) is 44.8 Å². The smallest absolute Gasteiger partial charge is 0.323 e. The van der Waals surface area contributed by atoms with E-state index in [2.05, 4.69) is 22.2 Å². The van der Waals surface area contributed by atoms with E-state index in [-0.39, 0.29) is 5.69 Å². The van der Waals surface area contributed by atoms with Crippen LogP contribution >= 0.6 is 11.8 Å². The number of carbonyl (C=O) groups excluding carboxylic acids is 1. The minimum Gasteiger partial charge on any atom is -0.497 e. The molecule has 0 saturated heterocycles. The zero-order valence-electron chi connectivity index (χ0n) is 26.7. The highest BCUT2D eigenvalue weighted by molar-refractivity contribution is 7.99. The SMILES string of the molecule is CCCCC(Sc1nc(-c2ccc(OC)cc2)c(-c2ccc(OC)cc2)[nH]1)N(C(=O)Nc1ccc(F)cc1F)C(C)c1ccccn1. The highest BCUT2D eigenvalue weighted by Crippen LogP contribution is 2.39. The highest BCUT2D eigenvalue weighted by Gasteiger charge is 2.32. The minimum absolute atomic E-state index is 0.115. The molecule has 2 unspecified atom stereocenters. The molecule has 0 spiro atoms. The summed E-state index contributed by atoms with van der Waals surface area (Å²) in [4.78, 5) is 28.8. The maximum atomic E-state index is 14.7. The Morgan fingerprint density at radius 1 is 0.957 bits per heavy atom. The summed E-state index contributed by atoms with van der Waals surface area (Å²) in [5.41, 5.74) is 3.88. The van der Waals surface area contributed by atoms with Gasteiger partial charge in [0.25, 0.3) is 0 Å². The van der Waals surface area contributed by atoms with Crippen molar-refractivity contribution < 1.29 is 23.0 Å². The van der Waals surface area contributed by atoms with Gasteiger partial charge < -0.3 is 24.7 Å². The van der Waals surface area contributed by atoms with Crippen LogP contribution < -0.4 is 14.8 Å². The number of unbranched alkanes of at least 4 members (excludes halogenated alkanes) is 1. The van der Waals surface area contributed by atoms with E-state index in [0.717, 1.165) is 59.0 Å². The van der Waals surface area contributed by atoms with Gasteiger partial charge in [0.05, 0.1) is 48.4 Å². The summed E-state index contributed by atoms with van der Waals surface area (Å²) < 4.78 is 39.1. The molecule has 244 valence electrons. The topological polar surface area (TPSA) is 92.4 Å². The molecule has 5 rings (SSSR count). The predicted molar refractivity (Wildman–Crippen MR) is 182 cm³/mol. The van der Waals surface area contributed by atoms with Crippen LogP contribution in [-0.4, -0.2) is 45.5 Å². The number of H-pyrrole nitrogens is 1. The van der Waals surface area contributed by atoms with E-state index in [1.54, 1.807) is 25.3 Å². The fourth-order valence-corrected chi connectivity index (χ4v) is 6.43. The van der Waals surface area contributed by atoms with Crippen molar-refractivity contribution in [3.63, 3.8) is 0 Å². The number of ether oxygens (including phenoxy) is 2. The van der Waals surface area contributed by atoms with Crippen molar-refractivity contribution in [2.75, 3.05) is 19.5 Å². The molecule has 0 bridgehead atoms. The van der Waals surface area contributed by atoms with Crippen LogP contribution in [0.25, 0.3) is 22.5 Å². The second kappa shape index (κ2) is 15.6. The van der Waals surface area contributed by atoms with E-state index in [1.807, 2.05) is 73.7 Å². The zero-order chi connectivity index (χ0) is 33.3. The molecule has 3 aromatic carbocycles. The summed E-state index contributed by atoms with van der Waals surface area (Å²) in [7, 11) is 3.24. The van der Waals surface area contributed by atoms with Crippen LogP contribution in [0.2, 0.25) is 0 Å². The number of aromatic amines is 1. The van der Waals surface area contributed by atoms with Gasteiger partial charge in [0, 0.05) is 23.4 Å². The van der Waals surface area contributed by atoms with Gasteiger partial charge in [0.1, 0.15) is 23.1 Å². The van der Waals surface area contributed by atoms with Crippen molar-refractivity contribution in [2.45, 2.75) is 49.7 Å². The van der Waals surface area contributed by atoms with Crippen molar-refractivity contribution >= 4 is 23.5 Å². The van der Waals surface area contributed by atoms with E-state index in [4.69, 9.17) is 14.5 Å². The van der Waals surface area contributed by atoms with Gasteiger partial charge in [0.15, 0.2) is 5.16 Å². The zero-order valence-corrected chi connectivity index (χ0v) is 27.5. The molecule has 0 aliphatic rings. The van der Waals surface area contributed by atoms with Crippen LogP contribution in [0.15, 0.2) is 96.3 Å². The number of rotatable bonds is 13. The van der Waals surface area contributed by atoms with E-state index < -0.39 is 29.1 Å². The van der Waals surface area contributed by atoms with Gasteiger partial charge in [-0.3, -0.25) is 4.98 Å². The number of aromatic nitrogens is 3. The maximum Gasteiger partial charge on any atom is 0.323 e. The third kappa shape index (κ3) is 8.10. The molecule has 47 heavy (non-hydrogen) atoms. The molecule has 11 heteroatoms. The molecular weight excluding hydrogens is 620 g/mol. The lowest BCUT2D eigenvalue weighted by atomic mass is 10.0. The fourth-order valence-electron chi connectivity index (χ4n) is 5.19. The Hall–Kier alpha value is -4.90. The van der Waals surface area contributed by atoms with Gasteiger partial charge in [-0.05, 0) is 86.1 Å². The van der Waals surface area contributed by atoms with Crippen molar-refractivity contribution in [3.8, 4) is 34.0 Å². The van der Waals surface area contributed by atoms with Crippen molar-refractivity contribution in [1.82, 2.24) is 19.9 Å². The number of imidazole rings is 1. The number of amides is 2. The van der Waals surface area contributed by atoms with E-state index in [9.17, 15) is 13.6 Å². The van der Waals surface area contributed by atoms with Crippen LogP contribution in [-0.2, 0) is 0 Å². The number of nitrogens with one attached hydrogen (secondary N) is 2. The Morgan fingerprint density at radius 2 is 1.64 bits per heavy atom. The van der Waals surface area contributed by atoms with Gasteiger partial charge in [-0.1, -0.05) is 37.6 Å². The molecule has 2 amide bonds. The van der Waals surface area contributed by atoms with Gasteiger partial charge in [-0.25, -0.2) is 18.6 Å². The second-order valence-corrected chi connectivity index (χ2v) is 12.0. The molecule has 0 saturated carbocycles. The number of benzene rings is 3. The Labute approximate surface area is 277 Å². The predicted octanol–water partition coefficient (Wildman–Crippen LogP) is 9.34. The van der Waals surface area contributed by atoms with Crippen LogP contribution in [0, 0.1) is 11.6 Å². The molecule has 5 aromatic rings. The lowest BCUT2D eigenvalue weighted by molar-refractivity contribution is 0.181. The summed E-state index contributed by atoms with van der Waals surface area (Å²) in [5.74, 6) is -0.127. The normalized spacial score (nSPS) is 12.3. The molecule has 0 aliphatic heterocycles. The average Bonchev–Trinajstić information content (AvgIpc) is 3.52. The summed E-state index contributed by atoms with van der Waals surface area (Å²) in [6, 6.07) is 22.9. The van der Waals surface area contributed by atoms with Crippen molar-refractivity contribution in [3.05, 3.63) is 108 Å². The molecule has 0 fully saturated rings. The quantitative estimate of drug-likeness (QED) is 0.0969. The molecule has 2 heterocycles. The maximum absolute atomic E-state index is 14.7. The van der Waals surface area contributed by atoms with Crippen molar-refractivity contribution in [2.24, 2.45) is 0 Å². The number of nitrogens with zero attached hydrogens (tertiary/aromatic N) is 3. The molecule has 2 aromatic heterocycles. The highest BCUT2D eigenvalue weighted by atomic mass is 32.2. The minimum atomic E-state index is -0.860. The van der Waals surface area contributed by atoms with Crippen LogP contribution in [0.4, 0.5) is 19.3 Å². The number of urea groups is 1. The Balaban J connectivity index is 1.56. The Morgan fingerprint density at radius 3 is 2.23 bits per heavy atom. The number of carbonyl (C=O) groups is 1. The van der Waals surface area contributed by atoms with Gasteiger partial charge in [-0.2, -0.15) is 0 Å². The largest absolute Gasteiger partial charge is 0.497 e. The molecule has 2 atom stereocenters. The first-order chi connectivity index (χ1) is 22.8. The monoisotopic (exact) mass is 657 g/mol. The number of halogens is 2. The van der Waals surface area contributed by atoms with Gasteiger partial charge in [0.2, 0.25) is 0 Å². The Kier molecular flexibility index (Phi) is 11.1. The third-order valence-corrected chi connectivity index (χ3v) is 8.88. The van der Waals surface area contributed by atoms with Gasteiger partial charge >= 0.3 is 6.03 Å². The summed E-state index contributed by atoms with van der Waals surface area (Å²) in [5, 5.41) is 2.83. The molecule has 2 N–H and O–H groups in total. The second-order valence-electron chi connectivity index (χ2n) is 10.8. The van der Waals surface area contributed by atoms with Crippen molar-refractivity contribution in [1.29, 1.82) is 0 Å². The lowest BCUT2D eigenvalue weighted by Crippen LogP contribution is -2.43. The van der Waals surface area contributed by atoms with E-state index in [0.29, 0.717) is 17.3 Å². The summed E-state index contributed by atoms with van der Waals surface area (Å²) in [6.45, 7) is 3.97. The number of methoxy groups -OCH3 is 2. The standard InChI is InChI=1S/C36H37F2N5O3S/c1-5-6-10-32(43(23(2)30-9-7-8-21-39-30)36(44)40-31-20-15-26(37)22-29(31)38)47-35-41-33(24-11-16-27(45-3)17-12-24)34(42-35)25-13-18-28(46-4)19-14-25/h7-9,11-23,32H,5-6,10H2,1-4H3,(H,40,44)(H,41,42). The van der Waals surface area contributed by atoms with Gasteiger partial charge in [-0.15, -0.1) is 0 Å². The molecule has 0 radical (unpaired) electrons. The Bertz CT molecular complexity index is 1700. The number of pyridine rings is 1. The lowest BCUT2D eigenvalue weighted by Gasteiger charge is -2.35. The number of thioether (sulfide) groups is 1. The molecule has 0 aliphatic carbocycles. The first kappa shape index (κ1) is 33.5. The third-order valence-electron chi connectivity index (χ3n) is 7.73. The first-order valence-electron chi connectivity index (χ1n) is 15.3.